The van der Waals surface area contributed by atoms with Gasteiger partial charge in [0.05, 0.1) is 22.9 Å². The summed E-state index contributed by atoms with van der Waals surface area (Å²) in [5.74, 6) is 0. The molecule has 0 radical (unpaired) electrons. The number of non-ortho nitro benzene ring substituents is 1. The molecule has 2 aromatic carbocycles. The highest BCUT2D eigenvalue weighted by Gasteiger charge is 2.24. The molecule has 1 aliphatic heterocycles. The fraction of sp³-hybridized carbons (Fsp3) is 0.333. The normalized spacial score (nSPS) is 14.0. The van der Waals surface area contributed by atoms with E-state index < -0.39 is 4.92 Å². The van der Waals surface area contributed by atoms with Crippen LogP contribution in [0.25, 0.3) is 0 Å². The van der Waals surface area contributed by atoms with E-state index >= 15 is 0 Å². The third kappa shape index (κ3) is 4.29. The van der Waals surface area contributed by atoms with Crippen molar-refractivity contribution in [1.82, 2.24) is 0 Å². The van der Waals surface area contributed by atoms with Gasteiger partial charge in [0.25, 0.3) is 11.4 Å². The molecule has 0 aromatic heterocycles. The maximum absolute atomic E-state index is 11.4. The summed E-state index contributed by atoms with van der Waals surface area (Å²) in [7, 11) is 0. The topological polar surface area (TPSA) is 132 Å². The van der Waals surface area contributed by atoms with Crippen molar-refractivity contribution in [2.45, 2.75) is 0 Å². The summed E-state index contributed by atoms with van der Waals surface area (Å²) >= 11 is 0. The zero-order chi connectivity index (χ0) is 20.1. The minimum absolute atomic E-state index is 0.0598. The smallest absolute Gasteiger partial charge is 0.292 e. The summed E-state index contributed by atoms with van der Waals surface area (Å²) < 4.78 is 0. The molecule has 0 bridgehead atoms. The Morgan fingerprint density at radius 1 is 0.929 bits per heavy atom. The van der Waals surface area contributed by atoms with Crippen LogP contribution in [-0.2, 0) is 0 Å². The number of quaternary nitrogens is 1. The van der Waals surface area contributed by atoms with E-state index in [9.17, 15) is 20.2 Å². The largest absolute Gasteiger partial charge is 0.379 e. The summed E-state index contributed by atoms with van der Waals surface area (Å²) in [6.45, 7) is 4.01. The molecule has 1 aliphatic rings. The molecular formula is C18H23N6O4+. The Bertz CT molecular complexity index is 850. The molecule has 1 fully saturated rings. The molecule has 10 nitrogen and oxygen atoms in total. The Morgan fingerprint density at radius 2 is 1.57 bits per heavy atom. The third-order valence-electron chi connectivity index (χ3n) is 4.72. The van der Waals surface area contributed by atoms with Gasteiger partial charge in [0, 0.05) is 55.8 Å². The fourth-order valence-corrected chi connectivity index (χ4v) is 3.26. The number of rotatable bonds is 7. The van der Waals surface area contributed by atoms with E-state index in [1.807, 2.05) is 11.0 Å². The number of anilines is 3. The minimum atomic E-state index is -0.420. The van der Waals surface area contributed by atoms with E-state index in [2.05, 4.69) is 16.0 Å². The molecule has 4 N–H and O–H groups in total. The van der Waals surface area contributed by atoms with E-state index in [4.69, 9.17) is 0 Å². The SMILES string of the molecule is [NH3+]CCNc1ccc([N+](=O)[O-])c(N2CCN(c3ccc([N+](=O)[O-])cc3)CC2)c1. The Hall–Kier alpha value is -3.40. The van der Waals surface area contributed by atoms with Crippen molar-refractivity contribution in [3.05, 3.63) is 62.7 Å². The van der Waals surface area contributed by atoms with Gasteiger partial charge in [-0.1, -0.05) is 0 Å². The van der Waals surface area contributed by atoms with Gasteiger partial charge < -0.3 is 20.9 Å². The van der Waals surface area contributed by atoms with Crippen molar-refractivity contribution in [1.29, 1.82) is 0 Å². The van der Waals surface area contributed by atoms with Gasteiger partial charge in [-0.15, -0.1) is 0 Å². The van der Waals surface area contributed by atoms with Crippen LogP contribution in [0, 0.1) is 20.2 Å². The average Bonchev–Trinajstić information content (AvgIpc) is 2.72. The van der Waals surface area contributed by atoms with Crippen LogP contribution in [0.2, 0.25) is 0 Å². The molecule has 0 atom stereocenters. The van der Waals surface area contributed by atoms with Crippen LogP contribution in [-0.4, -0.2) is 49.1 Å². The Labute approximate surface area is 161 Å². The monoisotopic (exact) mass is 387 g/mol. The Kier molecular flexibility index (Phi) is 5.90. The van der Waals surface area contributed by atoms with E-state index in [1.165, 1.54) is 18.2 Å². The number of nitro groups is 2. The highest BCUT2D eigenvalue weighted by atomic mass is 16.6. The minimum Gasteiger partial charge on any atom is -0.379 e. The molecule has 0 aliphatic carbocycles. The van der Waals surface area contributed by atoms with E-state index in [-0.39, 0.29) is 16.3 Å². The predicted molar refractivity (Wildman–Crippen MR) is 107 cm³/mol. The summed E-state index contributed by atoms with van der Waals surface area (Å²) in [5.41, 5.74) is 6.28. The van der Waals surface area contributed by atoms with Crippen molar-refractivity contribution in [3.8, 4) is 0 Å². The Balaban J connectivity index is 1.73. The maximum atomic E-state index is 11.4. The summed E-state index contributed by atoms with van der Waals surface area (Å²) in [6.07, 6.45) is 0. The van der Waals surface area contributed by atoms with E-state index in [0.717, 1.165) is 17.9 Å². The van der Waals surface area contributed by atoms with Gasteiger partial charge in [0.2, 0.25) is 0 Å². The molecule has 0 saturated carbocycles. The van der Waals surface area contributed by atoms with Crippen LogP contribution in [0.15, 0.2) is 42.5 Å². The van der Waals surface area contributed by atoms with Crippen molar-refractivity contribution >= 4 is 28.4 Å². The standard InChI is InChI=1S/C18H22N6O4/c19-7-8-20-14-1-6-17(24(27)28)18(13-14)22-11-9-21(10-12-22)15-2-4-16(5-3-15)23(25)26/h1-6,13,20H,7-12,19H2/p+1. The van der Waals surface area contributed by atoms with Crippen LogP contribution in [0.5, 0.6) is 0 Å². The molecule has 1 heterocycles. The lowest BCUT2D eigenvalue weighted by Crippen LogP contribution is -2.53. The second-order valence-corrected chi connectivity index (χ2v) is 6.49. The highest BCUT2D eigenvalue weighted by molar-refractivity contribution is 5.70. The molecule has 2 aromatic rings. The van der Waals surface area contributed by atoms with Crippen LogP contribution in [0.1, 0.15) is 0 Å². The lowest BCUT2D eigenvalue weighted by molar-refractivity contribution is -0.384. The Morgan fingerprint density at radius 3 is 2.14 bits per heavy atom. The van der Waals surface area contributed by atoms with Crippen molar-refractivity contribution in [2.75, 3.05) is 54.4 Å². The van der Waals surface area contributed by atoms with Crippen molar-refractivity contribution in [3.63, 3.8) is 0 Å². The van der Waals surface area contributed by atoms with E-state index in [0.29, 0.717) is 38.4 Å². The number of hydrogen-bond donors (Lipinski definition) is 2. The third-order valence-corrected chi connectivity index (χ3v) is 4.72. The number of piperazine rings is 1. The molecule has 1 saturated heterocycles. The molecule has 0 unspecified atom stereocenters. The molecule has 10 heteroatoms. The second kappa shape index (κ2) is 8.53. The quantitative estimate of drug-likeness (QED) is 0.543. The fourth-order valence-electron chi connectivity index (χ4n) is 3.26. The molecule has 0 spiro atoms. The first-order valence-corrected chi connectivity index (χ1v) is 9.05. The van der Waals surface area contributed by atoms with Gasteiger partial charge >= 0.3 is 0 Å². The second-order valence-electron chi connectivity index (χ2n) is 6.49. The molecule has 148 valence electrons. The lowest BCUT2D eigenvalue weighted by Gasteiger charge is -2.37. The van der Waals surface area contributed by atoms with Gasteiger partial charge in [-0.25, -0.2) is 0 Å². The highest BCUT2D eigenvalue weighted by Crippen LogP contribution is 2.32. The maximum Gasteiger partial charge on any atom is 0.292 e. The van der Waals surface area contributed by atoms with Gasteiger partial charge in [-0.05, 0) is 24.3 Å². The zero-order valence-corrected chi connectivity index (χ0v) is 15.4. The van der Waals surface area contributed by atoms with Crippen LogP contribution >= 0.6 is 0 Å². The number of nitrogens with zero attached hydrogens (tertiary/aromatic N) is 4. The van der Waals surface area contributed by atoms with Gasteiger partial charge in [-0.3, -0.25) is 20.2 Å². The van der Waals surface area contributed by atoms with Crippen LogP contribution < -0.4 is 20.9 Å². The van der Waals surface area contributed by atoms with Crippen LogP contribution in [0.4, 0.5) is 28.4 Å². The van der Waals surface area contributed by atoms with Crippen LogP contribution in [0.3, 0.4) is 0 Å². The molecular weight excluding hydrogens is 364 g/mol. The first-order chi connectivity index (χ1) is 13.5. The molecule has 28 heavy (non-hydrogen) atoms. The molecule has 3 rings (SSSR count). The summed E-state index contributed by atoms with van der Waals surface area (Å²) in [5, 5.41) is 25.4. The lowest BCUT2D eigenvalue weighted by atomic mass is 10.1. The zero-order valence-electron chi connectivity index (χ0n) is 15.4. The number of nitro benzene ring substituents is 2. The van der Waals surface area contributed by atoms with Crippen molar-refractivity contribution in [2.24, 2.45) is 0 Å². The number of nitrogens with one attached hydrogen (secondary N) is 1. The first-order valence-electron chi connectivity index (χ1n) is 9.05. The number of hydrogen-bond acceptors (Lipinski definition) is 7. The molecule has 0 amide bonds. The average molecular weight is 387 g/mol. The number of benzene rings is 2. The van der Waals surface area contributed by atoms with Gasteiger partial charge in [-0.2, -0.15) is 0 Å². The predicted octanol–water partition coefficient (Wildman–Crippen LogP) is 1.48. The van der Waals surface area contributed by atoms with Gasteiger partial charge in [0.1, 0.15) is 5.69 Å². The van der Waals surface area contributed by atoms with Crippen molar-refractivity contribution < 1.29 is 15.6 Å². The van der Waals surface area contributed by atoms with Gasteiger partial charge in [0.15, 0.2) is 0 Å². The van der Waals surface area contributed by atoms with E-state index in [1.54, 1.807) is 18.2 Å². The summed E-state index contributed by atoms with van der Waals surface area (Å²) in [6, 6.07) is 11.5. The first kappa shape index (κ1) is 19.4. The summed E-state index contributed by atoms with van der Waals surface area (Å²) in [4.78, 5) is 25.6.